The van der Waals surface area contributed by atoms with Crippen LogP contribution in [0.5, 0.6) is 0 Å². The quantitative estimate of drug-likeness (QED) is 0.243. The van der Waals surface area contributed by atoms with E-state index in [4.69, 9.17) is 0 Å². The molecule has 6 atom stereocenters. The summed E-state index contributed by atoms with van der Waals surface area (Å²) in [6.45, 7) is 3.98. The van der Waals surface area contributed by atoms with E-state index in [9.17, 15) is 23.6 Å². The average Bonchev–Trinajstić information content (AvgIpc) is 3.86. The van der Waals surface area contributed by atoms with Gasteiger partial charge in [0.2, 0.25) is 23.6 Å². The summed E-state index contributed by atoms with van der Waals surface area (Å²) in [5.74, 6) is -1.07. The lowest BCUT2D eigenvalue weighted by Crippen LogP contribution is -2.58. The van der Waals surface area contributed by atoms with Crippen molar-refractivity contribution in [3.8, 4) is 0 Å². The summed E-state index contributed by atoms with van der Waals surface area (Å²) < 4.78 is 14.3. The highest BCUT2D eigenvalue weighted by Gasteiger charge is 2.51. The molecule has 2 aliphatic heterocycles. The molecule has 5 N–H and O–H groups in total. The Hall–Kier alpha value is -3.77. The summed E-state index contributed by atoms with van der Waals surface area (Å²) in [6.07, 6.45) is 13.9. The molecule has 0 spiro atoms. The highest BCUT2D eigenvalue weighted by atomic mass is 19.1. The molecule has 12 heteroatoms. The first-order valence-electron chi connectivity index (χ1n) is 18.7. The van der Waals surface area contributed by atoms with Crippen LogP contribution in [0, 0.1) is 17.7 Å². The number of hydrogen-bond acceptors (Lipinski definition) is 6. The number of hydrogen-bond donors (Lipinski definition) is 5. The van der Waals surface area contributed by atoms with Crippen molar-refractivity contribution in [1.82, 2.24) is 36.1 Å². The normalized spacial score (nSPS) is 24.0. The molecule has 2 aliphatic carbocycles. The number of carbonyl (C=O) groups excluding carboxylic acids is 4. The molecule has 3 heterocycles. The number of likely N-dealkylation sites (N-methyl/N-ethyl adjacent to an activating group) is 2. The molecule has 6 rings (SSSR count). The van der Waals surface area contributed by atoms with Gasteiger partial charge in [0.15, 0.2) is 0 Å². The predicted octanol–water partition coefficient (Wildman–Crippen LogP) is 3.81. The molecule has 0 bridgehead atoms. The van der Waals surface area contributed by atoms with Crippen molar-refractivity contribution in [1.29, 1.82) is 0 Å². The van der Waals surface area contributed by atoms with Crippen LogP contribution in [-0.4, -0.2) is 95.3 Å². The Morgan fingerprint density at radius 2 is 1.36 bits per heavy atom. The van der Waals surface area contributed by atoms with Crippen molar-refractivity contribution in [2.75, 3.05) is 20.6 Å². The lowest BCUT2D eigenvalue weighted by Gasteiger charge is -2.36. The maximum absolute atomic E-state index is 14.8. The van der Waals surface area contributed by atoms with E-state index >= 15 is 0 Å². The Morgan fingerprint density at radius 3 is 1.92 bits per heavy atom. The number of fused-ring (bicyclic) bond motifs is 2. The molecular weight excluding hydrogens is 637 g/mol. The Kier molecular flexibility index (Phi) is 11.3. The molecule has 4 amide bonds. The third-order valence-electron chi connectivity index (χ3n) is 11.8. The van der Waals surface area contributed by atoms with Gasteiger partial charge in [-0.1, -0.05) is 38.5 Å². The number of carbonyl (C=O) groups is 4. The molecule has 3 fully saturated rings. The second-order valence-corrected chi connectivity index (χ2v) is 14.8. The highest BCUT2D eigenvalue weighted by molar-refractivity contribution is 5.99. The Balaban J connectivity index is 1.38. The Bertz CT molecular complexity index is 1600. The Morgan fingerprint density at radius 1 is 0.800 bits per heavy atom. The van der Waals surface area contributed by atoms with Crippen molar-refractivity contribution in [2.45, 2.75) is 121 Å². The van der Waals surface area contributed by atoms with Gasteiger partial charge in [-0.2, -0.15) is 0 Å². The second-order valence-electron chi connectivity index (χ2n) is 14.8. The number of aromatic nitrogens is 1. The van der Waals surface area contributed by atoms with E-state index in [1.165, 1.54) is 12.1 Å². The van der Waals surface area contributed by atoms with Crippen molar-refractivity contribution >= 4 is 40.1 Å². The molecule has 1 saturated heterocycles. The zero-order chi connectivity index (χ0) is 35.5. The number of rotatable bonds is 11. The van der Waals surface area contributed by atoms with Crippen LogP contribution in [0.25, 0.3) is 16.5 Å². The fourth-order valence-corrected chi connectivity index (χ4v) is 8.66. The first kappa shape index (κ1) is 36.0. The fourth-order valence-electron chi connectivity index (χ4n) is 8.66. The first-order valence-corrected chi connectivity index (χ1v) is 18.7. The van der Waals surface area contributed by atoms with Gasteiger partial charge in [0.05, 0.1) is 24.2 Å². The number of likely N-dealkylation sites (tertiary alicyclic amines) is 1. The van der Waals surface area contributed by atoms with Crippen LogP contribution < -0.4 is 21.3 Å². The largest absolute Gasteiger partial charge is 0.360 e. The molecular formula is C38H54FN7O4. The SMILES string of the molecule is CNC(C)C(=O)NC(C(=O)N1C=C(c2c[nH]c3cc(F)ccc23)C2C1CCN2C(=O)C(NC(=O)C(C)NC)C1CCCCC1)C1CCCCC1. The van der Waals surface area contributed by atoms with Crippen LogP contribution in [0.1, 0.15) is 90.0 Å². The van der Waals surface area contributed by atoms with Gasteiger partial charge in [0.1, 0.15) is 17.9 Å². The molecule has 6 unspecified atom stereocenters. The summed E-state index contributed by atoms with van der Waals surface area (Å²) >= 11 is 0. The second kappa shape index (κ2) is 15.6. The summed E-state index contributed by atoms with van der Waals surface area (Å²) in [5, 5.41) is 13.0. The lowest BCUT2D eigenvalue weighted by atomic mass is 9.82. The van der Waals surface area contributed by atoms with Gasteiger partial charge in [-0.05, 0) is 90.1 Å². The van der Waals surface area contributed by atoms with Crippen molar-refractivity contribution in [2.24, 2.45) is 11.8 Å². The molecule has 4 aliphatic rings. The minimum absolute atomic E-state index is 0.00965. The number of nitrogens with one attached hydrogen (secondary N) is 5. The van der Waals surface area contributed by atoms with E-state index in [2.05, 4.69) is 26.3 Å². The van der Waals surface area contributed by atoms with Gasteiger partial charge >= 0.3 is 0 Å². The third kappa shape index (κ3) is 7.19. The maximum atomic E-state index is 14.8. The van der Waals surface area contributed by atoms with Crippen LogP contribution >= 0.6 is 0 Å². The van der Waals surface area contributed by atoms with E-state index in [0.717, 1.165) is 80.7 Å². The number of benzene rings is 1. The van der Waals surface area contributed by atoms with Crippen molar-refractivity contribution in [3.63, 3.8) is 0 Å². The van der Waals surface area contributed by atoms with Crippen molar-refractivity contribution < 1.29 is 23.6 Å². The van der Waals surface area contributed by atoms with Gasteiger partial charge in [-0.25, -0.2) is 4.39 Å². The van der Waals surface area contributed by atoms with E-state index in [1.54, 1.807) is 38.9 Å². The number of amides is 4. The van der Waals surface area contributed by atoms with E-state index < -0.39 is 30.2 Å². The number of H-pyrrole nitrogens is 1. The van der Waals surface area contributed by atoms with Gasteiger partial charge in [0, 0.05) is 41.0 Å². The van der Waals surface area contributed by atoms with E-state index in [0.29, 0.717) is 18.5 Å². The van der Waals surface area contributed by atoms with Gasteiger partial charge in [-0.15, -0.1) is 0 Å². The molecule has 0 radical (unpaired) electrons. The van der Waals surface area contributed by atoms with Gasteiger partial charge in [-0.3, -0.25) is 19.2 Å². The smallest absolute Gasteiger partial charge is 0.249 e. The molecule has 11 nitrogen and oxygen atoms in total. The summed E-state index contributed by atoms with van der Waals surface area (Å²) in [4.78, 5) is 62.9. The molecule has 50 heavy (non-hydrogen) atoms. The summed E-state index contributed by atoms with van der Waals surface area (Å²) in [5.41, 5.74) is 2.22. The molecule has 1 aromatic carbocycles. The summed E-state index contributed by atoms with van der Waals surface area (Å²) in [6, 6.07) is 1.46. The predicted molar refractivity (Wildman–Crippen MR) is 191 cm³/mol. The third-order valence-corrected chi connectivity index (χ3v) is 11.8. The molecule has 2 saturated carbocycles. The molecule has 1 aromatic heterocycles. The number of aromatic amines is 1. The Labute approximate surface area is 294 Å². The summed E-state index contributed by atoms with van der Waals surface area (Å²) in [7, 11) is 3.45. The van der Waals surface area contributed by atoms with Crippen LogP contribution in [0.3, 0.4) is 0 Å². The highest BCUT2D eigenvalue weighted by Crippen LogP contribution is 2.43. The van der Waals surface area contributed by atoms with E-state index in [-0.39, 0.29) is 47.3 Å². The fraction of sp³-hybridized carbons (Fsp3) is 0.632. The minimum Gasteiger partial charge on any atom is -0.360 e. The van der Waals surface area contributed by atoms with E-state index in [1.807, 2.05) is 17.3 Å². The standard InChI is InChI=1S/C38H54FN7O4/c1-22(40-3)35(47)43-32(24-11-7-5-8-12-24)37(49)45-18-17-31-34(45)29(28-20-42-30-19-26(39)15-16-27(28)30)21-46(31)38(50)33(25-13-9-6-10-14-25)44-36(48)23(2)41-4/h15-16,19-25,31-34,40-42H,5-14,17-18H2,1-4H3,(H,43,47)(H,44,48). The minimum atomic E-state index is -0.700. The molecule has 272 valence electrons. The topological polar surface area (TPSA) is 139 Å². The first-order chi connectivity index (χ1) is 24.1. The van der Waals surface area contributed by atoms with Crippen molar-refractivity contribution in [3.05, 3.63) is 42.0 Å². The van der Waals surface area contributed by atoms with Gasteiger partial charge in [0.25, 0.3) is 0 Å². The number of halogens is 1. The number of nitrogens with zero attached hydrogens (tertiary/aromatic N) is 2. The molecule has 2 aromatic rings. The van der Waals surface area contributed by atoms with Crippen LogP contribution in [-0.2, 0) is 19.2 Å². The maximum Gasteiger partial charge on any atom is 0.249 e. The monoisotopic (exact) mass is 691 g/mol. The average molecular weight is 692 g/mol. The lowest BCUT2D eigenvalue weighted by molar-refractivity contribution is -0.140. The zero-order valence-electron chi connectivity index (χ0n) is 29.9. The van der Waals surface area contributed by atoms with Crippen LogP contribution in [0.4, 0.5) is 4.39 Å². The van der Waals surface area contributed by atoms with Gasteiger partial charge < -0.3 is 36.1 Å². The van der Waals surface area contributed by atoms with Crippen LogP contribution in [0.2, 0.25) is 0 Å². The zero-order valence-corrected chi connectivity index (χ0v) is 29.9. The van der Waals surface area contributed by atoms with Crippen LogP contribution in [0.15, 0.2) is 30.6 Å².